The van der Waals surface area contributed by atoms with Crippen molar-refractivity contribution in [1.82, 2.24) is 10.2 Å². The van der Waals surface area contributed by atoms with E-state index in [2.05, 4.69) is 21.6 Å². The average molecular weight is 323 g/mol. The van der Waals surface area contributed by atoms with Gasteiger partial charge in [-0.2, -0.15) is 11.8 Å². The van der Waals surface area contributed by atoms with Crippen molar-refractivity contribution in [2.75, 3.05) is 17.3 Å². The lowest BCUT2D eigenvalue weighted by Gasteiger charge is -2.06. The minimum atomic E-state index is -0.0883. The van der Waals surface area contributed by atoms with Crippen LogP contribution in [0.2, 0.25) is 0 Å². The van der Waals surface area contributed by atoms with Gasteiger partial charge in [0.1, 0.15) is 0 Å². The molecule has 2 aromatic rings. The Kier molecular flexibility index (Phi) is 5.69. The van der Waals surface area contributed by atoms with Crippen molar-refractivity contribution in [1.29, 1.82) is 0 Å². The van der Waals surface area contributed by atoms with Crippen LogP contribution in [0.25, 0.3) is 0 Å². The zero-order valence-corrected chi connectivity index (χ0v) is 13.8. The van der Waals surface area contributed by atoms with Gasteiger partial charge in [0, 0.05) is 5.69 Å². The van der Waals surface area contributed by atoms with Crippen molar-refractivity contribution in [3.05, 3.63) is 35.2 Å². The van der Waals surface area contributed by atoms with Crippen LogP contribution < -0.4 is 5.32 Å². The molecule has 0 aliphatic carbocycles. The highest BCUT2D eigenvalue weighted by Crippen LogP contribution is 2.19. The second kappa shape index (κ2) is 7.51. The van der Waals surface area contributed by atoms with Gasteiger partial charge in [-0.15, -0.1) is 10.2 Å². The molecule has 21 heavy (non-hydrogen) atoms. The fraction of sp³-hybridized carbons (Fsp3) is 0.357. The molecule has 2 rings (SSSR count). The monoisotopic (exact) mass is 323 g/mol. The quantitative estimate of drug-likeness (QED) is 0.823. The Bertz CT molecular complexity index is 608. The van der Waals surface area contributed by atoms with Crippen LogP contribution in [0.15, 0.2) is 27.8 Å². The van der Waals surface area contributed by atoms with Crippen LogP contribution in [0.4, 0.5) is 5.69 Å². The molecule has 7 heteroatoms. The first-order chi connectivity index (χ1) is 10.1. The van der Waals surface area contributed by atoms with E-state index in [-0.39, 0.29) is 11.7 Å². The van der Waals surface area contributed by atoms with Crippen LogP contribution in [0.5, 0.6) is 0 Å². The summed E-state index contributed by atoms with van der Waals surface area (Å²) < 4.78 is 5.40. The number of benzene rings is 1. The Labute approximate surface area is 132 Å². The van der Waals surface area contributed by atoms with E-state index in [1.807, 2.05) is 32.2 Å². The number of carbonyl (C=O) groups is 1. The van der Waals surface area contributed by atoms with Gasteiger partial charge in [-0.05, 0) is 43.4 Å². The van der Waals surface area contributed by atoms with E-state index in [9.17, 15) is 4.79 Å². The summed E-state index contributed by atoms with van der Waals surface area (Å²) in [4.78, 5) is 11.9. The van der Waals surface area contributed by atoms with Gasteiger partial charge >= 0.3 is 0 Å². The van der Waals surface area contributed by atoms with E-state index in [1.54, 1.807) is 11.8 Å². The van der Waals surface area contributed by atoms with Crippen LogP contribution in [0.3, 0.4) is 0 Å². The lowest BCUT2D eigenvalue weighted by atomic mass is 10.1. The molecule has 0 fully saturated rings. The molecule has 0 saturated carbocycles. The molecule has 0 aliphatic heterocycles. The number of hydrogen-bond acceptors (Lipinski definition) is 6. The number of aryl methyl sites for hydroxylation is 2. The zero-order valence-electron chi connectivity index (χ0n) is 12.2. The maximum absolute atomic E-state index is 11.9. The smallest absolute Gasteiger partial charge is 0.277 e. The third-order valence-electron chi connectivity index (χ3n) is 2.55. The molecule has 1 aromatic heterocycles. The molecule has 0 unspecified atom stereocenters. The Hall–Kier alpha value is -1.47. The van der Waals surface area contributed by atoms with Crippen molar-refractivity contribution < 1.29 is 9.21 Å². The van der Waals surface area contributed by atoms with Crippen molar-refractivity contribution in [3.63, 3.8) is 0 Å². The molecule has 5 nitrogen and oxygen atoms in total. The number of nitrogens with zero attached hydrogens (tertiary/aromatic N) is 2. The predicted molar refractivity (Wildman–Crippen MR) is 86.8 cm³/mol. The minimum Gasteiger partial charge on any atom is -0.415 e. The first-order valence-corrected chi connectivity index (χ1v) is 8.77. The highest BCUT2D eigenvalue weighted by molar-refractivity contribution is 7.99. The van der Waals surface area contributed by atoms with Crippen LogP contribution in [-0.4, -0.2) is 28.1 Å². The SMILES string of the molecule is CSCc1nnc(SCC(=O)Nc2cc(C)cc(C)c2)o1. The second-order valence-corrected chi connectivity index (χ2v) is 6.40. The lowest BCUT2D eigenvalue weighted by molar-refractivity contribution is -0.113. The van der Waals surface area contributed by atoms with Crippen molar-refractivity contribution in [2.45, 2.75) is 24.8 Å². The summed E-state index contributed by atoms with van der Waals surface area (Å²) in [5.41, 5.74) is 3.06. The molecule has 0 aliphatic rings. The number of amides is 1. The fourth-order valence-corrected chi connectivity index (χ4v) is 2.79. The number of carbonyl (C=O) groups excluding carboxylic acids is 1. The van der Waals surface area contributed by atoms with E-state index < -0.39 is 0 Å². The summed E-state index contributed by atoms with van der Waals surface area (Å²) in [6, 6.07) is 5.95. The first kappa shape index (κ1) is 15.9. The van der Waals surface area contributed by atoms with Gasteiger partial charge in [-0.25, -0.2) is 0 Å². The summed E-state index contributed by atoms with van der Waals surface area (Å²) in [6.07, 6.45) is 1.97. The zero-order chi connectivity index (χ0) is 15.2. The Morgan fingerprint density at radius 3 is 2.62 bits per heavy atom. The predicted octanol–water partition coefficient (Wildman–Crippen LogP) is 3.28. The number of anilines is 1. The normalized spacial score (nSPS) is 10.6. The van der Waals surface area contributed by atoms with Gasteiger partial charge < -0.3 is 9.73 Å². The van der Waals surface area contributed by atoms with Gasteiger partial charge in [0.05, 0.1) is 11.5 Å². The molecule has 112 valence electrons. The molecular weight excluding hydrogens is 306 g/mol. The second-order valence-electron chi connectivity index (χ2n) is 4.61. The number of thioether (sulfide) groups is 2. The summed E-state index contributed by atoms with van der Waals surface area (Å²) in [5, 5.41) is 11.1. The summed E-state index contributed by atoms with van der Waals surface area (Å²) in [6.45, 7) is 4.01. The van der Waals surface area contributed by atoms with Crippen molar-refractivity contribution >= 4 is 35.1 Å². The summed E-state index contributed by atoms with van der Waals surface area (Å²) in [5.74, 6) is 1.42. The number of aromatic nitrogens is 2. The molecule has 1 amide bonds. The number of rotatable bonds is 6. The van der Waals surface area contributed by atoms with Gasteiger partial charge in [0.25, 0.3) is 5.22 Å². The van der Waals surface area contributed by atoms with E-state index >= 15 is 0 Å². The fourth-order valence-electron chi connectivity index (χ4n) is 1.85. The Morgan fingerprint density at radius 1 is 1.24 bits per heavy atom. The van der Waals surface area contributed by atoms with E-state index in [0.717, 1.165) is 16.8 Å². The molecule has 1 heterocycles. The molecule has 0 spiro atoms. The van der Waals surface area contributed by atoms with Crippen LogP contribution in [0.1, 0.15) is 17.0 Å². The van der Waals surface area contributed by atoms with E-state index in [1.165, 1.54) is 11.8 Å². The molecular formula is C14H17N3O2S2. The summed E-state index contributed by atoms with van der Waals surface area (Å²) in [7, 11) is 0. The third-order valence-corrected chi connectivity index (χ3v) is 3.90. The highest BCUT2D eigenvalue weighted by Gasteiger charge is 2.10. The van der Waals surface area contributed by atoms with E-state index in [4.69, 9.17) is 4.42 Å². The third kappa shape index (κ3) is 5.09. The largest absolute Gasteiger partial charge is 0.415 e. The molecule has 0 saturated heterocycles. The number of nitrogens with one attached hydrogen (secondary N) is 1. The van der Waals surface area contributed by atoms with Gasteiger partial charge in [-0.1, -0.05) is 17.8 Å². The van der Waals surface area contributed by atoms with Crippen LogP contribution in [-0.2, 0) is 10.5 Å². The Balaban J connectivity index is 1.86. The first-order valence-electron chi connectivity index (χ1n) is 6.39. The standard InChI is InChI=1S/C14H17N3O2S2/c1-9-4-10(2)6-11(5-9)15-12(18)7-21-14-17-16-13(19-14)8-20-3/h4-6H,7-8H2,1-3H3,(H,15,18). The van der Waals surface area contributed by atoms with E-state index in [0.29, 0.717) is 16.9 Å². The highest BCUT2D eigenvalue weighted by atomic mass is 32.2. The van der Waals surface area contributed by atoms with Gasteiger partial charge in [0.15, 0.2) is 0 Å². The molecule has 0 atom stereocenters. The maximum atomic E-state index is 11.9. The van der Waals surface area contributed by atoms with Gasteiger partial charge in [-0.3, -0.25) is 4.79 Å². The molecule has 1 aromatic carbocycles. The number of hydrogen-bond donors (Lipinski definition) is 1. The molecule has 0 radical (unpaired) electrons. The average Bonchev–Trinajstić information content (AvgIpc) is 2.83. The Morgan fingerprint density at radius 2 is 1.95 bits per heavy atom. The minimum absolute atomic E-state index is 0.0883. The topological polar surface area (TPSA) is 68.0 Å². The summed E-state index contributed by atoms with van der Waals surface area (Å²) >= 11 is 2.85. The van der Waals surface area contributed by atoms with Gasteiger partial charge in [0.2, 0.25) is 11.8 Å². The molecule has 1 N–H and O–H groups in total. The van der Waals surface area contributed by atoms with Crippen molar-refractivity contribution in [3.8, 4) is 0 Å². The molecule has 0 bridgehead atoms. The maximum Gasteiger partial charge on any atom is 0.277 e. The van der Waals surface area contributed by atoms with Crippen molar-refractivity contribution in [2.24, 2.45) is 0 Å². The van der Waals surface area contributed by atoms with Crippen LogP contribution >= 0.6 is 23.5 Å². The van der Waals surface area contributed by atoms with Crippen LogP contribution in [0, 0.1) is 13.8 Å². The lowest BCUT2D eigenvalue weighted by Crippen LogP contribution is -2.14.